The van der Waals surface area contributed by atoms with Crippen LogP contribution in [0.4, 0.5) is 8.78 Å². The Hall–Kier alpha value is -2.82. The Morgan fingerprint density at radius 2 is 1.59 bits per heavy atom. The van der Waals surface area contributed by atoms with Crippen molar-refractivity contribution in [3.8, 4) is 5.75 Å². The zero-order valence-electron chi connectivity index (χ0n) is 11.7. The van der Waals surface area contributed by atoms with Gasteiger partial charge in [0.25, 0.3) is 0 Å². The van der Waals surface area contributed by atoms with Crippen molar-refractivity contribution in [1.29, 1.82) is 0 Å². The predicted octanol–water partition coefficient (Wildman–Crippen LogP) is 3.79. The zero-order chi connectivity index (χ0) is 16.1. The van der Waals surface area contributed by atoms with Gasteiger partial charge in [-0.1, -0.05) is 6.07 Å². The Morgan fingerprint density at radius 3 is 2.14 bits per heavy atom. The first-order valence-corrected chi connectivity index (χ1v) is 6.42. The SMILES string of the molecule is CC(=O)c1ccc(OC(=O)C=Cc2c(F)cccc2F)cc1. The Morgan fingerprint density at radius 1 is 1.00 bits per heavy atom. The molecule has 0 radical (unpaired) electrons. The van der Waals surface area contributed by atoms with Crippen LogP contribution >= 0.6 is 0 Å². The third-order valence-electron chi connectivity index (χ3n) is 2.87. The highest BCUT2D eigenvalue weighted by Crippen LogP contribution is 2.15. The Balaban J connectivity index is 2.06. The summed E-state index contributed by atoms with van der Waals surface area (Å²) in [6.45, 7) is 1.42. The molecule has 0 saturated heterocycles. The molecule has 2 aromatic carbocycles. The number of Topliss-reactive ketones (excluding diaryl/α,β-unsaturated/α-hetero) is 1. The van der Waals surface area contributed by atoms with Crippen molar-refractivity contribution < 1.29 is 23.1 Å². The highest BCUT2D eigenvalue weighted by atomic mass is 19.1. The third kappa shape index (κ3) is 3.85. The minimum absolute atomic E-state index is 0.104. The van der Waals surface area contributed by atoms with Crippen LogP contribution < -0.4 is 4.74 Å². The van der Waals surface area contributed by atoms with E-state index in [4.69, 9.17) is 4.74 Å². The van der Waals surface area contributed by atoms with Gasteiger partial charge < -0.3 is 4.74 Å². The van der Waals surface area contributed by atoms with E-state index in [-0.39, 0.29) is 17.1 Å². The number of esters is 1. The average Bonchev–Trinajstić information content (AvgIpc) is 2.47. The van der Waals surface area contributed by atoms with Gasteiger partial charge in [-0.3, -0.25) is 4.79 Å². The van der Waals surface area contributed by atoms with E-state index >= 15 is 0 Å². The maximum Gasteiger partial charge on any atom is 0.336 e. The lowest BCUT2D eigenvalue weighted by Gasteiger charge is -2.02. The first-order chi connectivity index (χ1) is 10.5. The van der Waals surface area contributed by atoms with E-state index in [2.05, 4.69) is 0 Å². The second-order valence-corrected chi connectivity index (χ2v) is 4.47. The fraction of sp³-hybridized carbons (Fsp3) is 0.0588. The first kappa shape index (κ1) is 15.6. The molecule has 3 nitrogen and oxygen atoms in total. The van der Waals surface area contributed by atoms with Crippen molar-refractivity contribution in [2.45, 2.75) is 6.92 Å². The monoisotopic (exact) mass is 302 g/mol. The van der Waals surface area contributed by atoms with Gasteiger partial charge in [-0.2, -0.15) is 0 Å². The van der Waals surface area contributed by atoms with E-state index in [0.717, 1.165) is 24.3 Å². The minimum Gasteiger partial charge on any atom is -0.423 e. The number of ether oxygens (including phenoxy) is 1. The lowest BCUT2D eigenvalue weighted by molar-refractivity contribution is -0.128. The topological polar surface area (TPSA) is 43.4 Å². The smallest absolute Gasteiger partial charge is 0.336 e. The molecule has 0 amide bonds. The number of rotatable bonds is 4. The lowest BCUT2D eigenvalue weighted by Crippen LogP contribution is -2.04. The summed E-state index contributed by atoms with van der Waals surface area (Å²) in [7, 11) is 0. The summed E-state index contributed by atoms with van der Waals surface area (Å²) in [6, 6.07) is 9.38. The van der Waals surface area contributed by atoms with Crippen LogP contribution in [0.2, 0.25) is 0 Å². The number of hydrogen-bond donors (Lipinski definition) is 0. The molecule has 112 valence electrons. The summed E-state index contributed by atoms with van der Waals surface area (Å²) in [6.07, 6.45) is 1.94. The van der Waals surface area contributed by atoms with Crippen LogP contribution in [-0.2, 0) is 4.79 Å². The quantitative estimate of drug-likeness (QED) is 0.373. The molecule has 0 unspecified atom stereocenters. The van der Waals surface area contributed by atoms with Crippen molar-refractivity contribution in [3.63, 3.8) is 0 Å². The number of benzene rings is 2. The van der Waals surface area contributed by atoms with Gasteiger partial charge >= 0.3 is 5.97 Å². The average molecular weight is 302 g/mol. The van der Waals surface area contributed by atoms with Gasteiger partial charge in [0, 0.05) is 17.2 Å². The fourth-order valence-electron chi connectivity index (χ4n) is 1.73. The van der Waals surface area contributed by atoms with E-state index in [0.29, 0.717) is 5.56 Å². The zero-order valence-corrected chi connectivity index (χ0v) is 11.7. The molecule has 2 rings (SSSR count). The van der Waals surface area contributed by atoms with E-state index in [9.17, 15) is 18.4 Å². The van der Waals surface area contributed by atoms with Crippen LogP contribution in [0.15, 0.2) is 48.5 Å². The number of carbonyl (C=O) groups is 2. The predicted molar refractivity (Wildman–Crippen MR) is 77.5 cm³/mol. The molecule has 0 aromatic heterocycles. The van der Waals surface area contributed by atoms with Crippen molar-refractivity contribution in [1.82, 2.24) is 0 Å². The van der Waals surface area contributed by atoms with Gasteiger partial charge in [0.05, 0.1) is 0 Å². The van der Waals surface area contributed by atoms with E-state index < -0.39 is 17.6 Å². The molecule has 0 N–H and O–H groups in total. The van der Waals surface area contributed by atoms with Crippen LogP contribution in [0.3, 0.4) is 0 Å². The summed E-state index contributed by atoms with van der Waals surface area (Å²) in [5, 5.41) is 0. The van der Waals surface area contributed by atoms with Crippen LogP contribution in [0.1, 0.15) is 22.8 Å². The standard InChI is InChI=1S/C17H12F2O3/c1-11(20)12-5-7-13(8-6-12)22-17(21)10-9-14-15(18)3-2-4-16(14)19/h2-10H,1H3. The lowest BCUT2D eigenvalue weighted by atomic mass is 10.1. The Bertz CT molecular complexity index is 714. The number of halogens is 2. The molecule has 0 aliphatic rings. The molecule has 2 aromatic rings. The van der Waals surface area contributed by atoms with Crippen LogP contribution in [0.25, 0.3) is 6.08 Å². The second-order valence-electron chi connectivity index (χ2n) is 4.47. The molecule has 0 heterocycles. The fourth-order valence-corrected chi connectivity index (χ4v) is 1.73. The third-order valence-corrected chi connectivity index (χ3v) is 2.87. The second kappa shape index (κ2) is 6.76. The van der Waals surface area contributed by atoms with Crippen LogP contribution in [0.5, 0.6) is 5.75 Å². The van der Waals surface area contributed by atoms with Gasteiger partial charge in [0.1, 0.15) is 17.4 Å². The Kier molecular flexibility index (Phi) is 4.78. The first-order valence-electron chi connectivity index (χ1n) is 6.42. The number of carbonyl (C=O) groups excluding carboxylic acids is 2. The van der Waals surface area contributed by atoms with Crippen molar-refractivity contribution in [2.75, 3.05) is 0 Å². The summed E-state index contributed by atoms with van der Waals surface area (Å²) in [4.78, 5) is 22.7. The van der Waals surface area contributed by atoms with Gasteiger partial charge in [-0.25, -0.2) is 13.6 Å². The van der Waals surface area contributed by atoms with Gasteiger partial charge in [0.15, 0.2) is 5.78 Å². The highest BCUT2D eigenvalue weighted by Gasteiger charge is 2.07. The molecule has 0 aliphatic carbocycles. The van der Waals surface area contributed by atoms with Gasteiger partial charge in [0.2, 0.25) is 0 Å². The maximum atomic E-state index is 13.4. The van der Waals surface area contributed by atoms with E-state index in [1.807, 2.05) is 0 Å². The minimum atomic E-state index is -0.779. The largest absolute Gasteiger partial charge is 0.423 e. The van der Waals surface area contributed by atoms with Crippen LogP contribution in [0, 0.1) is 11.6 Å². The van der Waals surface area contributed by atoms with Crippen LogP contribution in [-0.4, -0.2) is 11.8 Å². The molecule has 0 atom stereocenters. The summed E-state index contributed by atoms with van der Waals surface area (Å²) in [5.41, 5.74) is 0.176. The summed E-state index contributed by atoms with van der Waals surface area (Å²) >= 11 is 0. The molecular weight excluding hydrogens is 290 g/mol. The number of ketones is 1. The molecule has 22 heavy (non-hydrogen) atoms. The highest BCUT2D eigenvalue weighted by molar-refractivity contribution is 5.94. The Labute approximate surface area is 125 Å². The molecule has 0 fully saturated rings. The van der Waals surface area contributed by atoms with E-state index in [1.165, 1.54) is 37.3 Å². The van der Waals surface area contributed by atoms with Crippen molar-refractivity contribution in [3.05, 3.63) is 71.3 Å². The van der Waals surface area contributed by atoms with Gasteiger partial charge in [-0.15, -0.1) is 0 Å². The van der Waals surface area contributed by atoms with Crippen molar-refractivity contribution >= 4 is 17.8 Å². The van der Waals surface area contributed by atoms with E-state index in [1.54, 1.807) is 0 Å². The van der Waals surface area contributed by atoms with Gasteiger partial charge in [-0.05, 0) is 49.4 Å². The molecule has 0 aliphatic heterocycles. The summed E-state index contributed by atoms with van der Waals surface area (Å²) in [5.74, 6) is -2.19. The molecule has 0 saturated carbocycles. The number of hydrogen-bond acceptors (Lipinski definition) is 3. The molecular formula is C17H12F2O3. The van der Waals surface area contributed by atoms with Crippen molar-refractivity contribution in [2.24, 2.45) is 0 Å². The summed E-state index contributed by atoms with van der Waals surface area (Å²) < 4.78 is 31.7. The molecule has 0 spiro atoms. The normalized spacial score (nSPS) is 10.7. The maximum absolute atomic E-state index is 13.4. The molecule has 0 bridgehead atoms. The molecule has 5 heteroatoms.